The van der Waals surface area contributed by atoms with E-state index in [1.54, 1.807) is 12.1 Å². The first-order chi connectivity index (χ1) is 9.18. The molecule has 1 aromatic carbocycles. The van der Waals surface area contributed by atoms with Crippen molar-refractivity contribution in [1.29, 1.82) is 0 Å². The van der Waals surface area contributed by atoms with Crippen molar-refractivity contribution in [2.24, 2.45) is 0 Å². The fourth-order valence-electron chi connectivity index (χ4n) is 2.79. The molecule has 1 unspecified atom stereocenters. The number of rotatable bonds is 2. The Morgan fingerprint density at radius 3 is 3.05 bits per heavy atom. The lowest BCUT2D eigenvalue weighted by molar-refractivity contribution is 0.0598. The Bertz CT molecular complexity index is 627. The fourth-order valence-corrected chi connectivity index (χ4v) is 2.79. The van der Waals surface area contributed by atoms with Crippen LogP contribution in [0.3, 0.4) is 0 Å². The molecule has 0 spiro atoms. The van der Waals surface area contributed by atoms with Crippen LogP contribution in [-0.2, 0) is 4.74 Å². The zero-order chi connectivity index (χ0) is 13.4. The van der Waals surface area contributed by atoms with Crippen molar-refractivity contribution < 1.29 is 14.6 Å². The van der Waals surface area contributed by atoms with Crippen LogP contribution >= 0.6 is 0 Å². The maximum Gasteiger partial charge on any atom is 0.337 e. The van der Waals surface area contributed by atoms with Crippen molar-refractivity contribution in [3.63, 3.8) is 0 Å². The molecule has 0 aliphatic carbocycles. The summed E-state index contributed by atoms with van der Waals surface area (Å²) in [5.74, 6) is -0.0886. The third-order valence-corrected chi connectivity index (χ3v) is 3.63. The summed E-state index contributed by atoms with van der Waals surface area (Å²) < 4.78 is 7.63. The van der Waals surface area contributed by atoms with E-state index in [0.717, 1.165) is 30.8 Å². The highest BCUT2D eigenvalue weighted by Crippen LogP contribution is 2.28. The number of aromatic carboxylic acids is 1. The van der Waals surface area contributed by atoms with Crippen LogP contribution in [0.5, 0.6) is 0 Å². The molecule has 1 atom stereocenters. The minimum atomic E-state index is -0.935. The number of benzene rings is 1. The highest BCUT2D eigenvalue weighted by Gasteiger charge is 2.22. The number of ether oxygens (including phenoxy) is 1. The van der Waals surface area contributed by atoms with E-state index in [1.807, 2.05) is 13.0 Å². The van der Waals surface area contributed by atoms with Gasteiger partial charge in [-0.3, -0.25) is 0 Å². The number of fused-ring (bicyclic) bond motifs is 1. The molecular weight excluding hydrogens is 244 g/mol. The van der Waals surface area contributed by atoms with E-state index < -0.39 is 5.97 Å². The van der Waals surface area contributed by atoms with E-state index in [4.69, 9.17) is 4.74 Å². The minimum absolute atomic E-state index is 0.253. The second-order valence-corrected chi connectivity index (χ2v) is 4.88. The standard InChI is InChI=1S/C14H16N2O3/c1-9-15-13-11(14(17)18)5-2-6-12(13)16(9)10-4-3-7-19-8-10/h2,5-6,10H,3-4,7-8H2,1H3,(H,17,18). The molecule has 1 aliphatic heterocycles. The summed E-state index contributed by atoms with van der Waals surface area (Å²) in [5, 5.41) is 9.22. The molecule has 5 nitrogen and oxygen atoms in total. The zero-order valence-electron chi connectivity index (χ0n) is 10.8. The van der Waals surface area contributed by atoms with Gasteiger partial charge in [0.15, 0.2) is 0 Å². The van der Waals surface area contributed by atoms with Gasteiger partial charge in [-0.1, -0.05) is 6.07 Å². The first kappa shape index (κ1) is 12.2. The topological polar surface area (TPSA) is 64.3 Å². The van der Waals surface area contributed by atoms with Gasteiger partial charge in [0.05, 0.1) is 23.7 Å². The largest absolute Gasteiger partial charge is 0.478 e. The van der Waals surface area contributed by atoms with Gasteiger partial charge in [0, 0.05) is 6.61 Å². The normalized spacial score (nSPS) is 19.7. The number of carboxylic acids is 1. The van der Waals surface area contributed by atoms with Crippen molar-refractivity contribution in [1.82, 2.24) is 9.55 Å². The molecule has 0 amide bonds. The Morgan fingerprint density at radius 2 is 2.37 bits per heavy atom. The van der Waals surface area contributed by atoms with Crippen molar-refractivity contribution in [2.75, 3.05) is 13.2 Å². The maximum atomic E-state index is 11.2. The molecule has 1 N–H and O–H groups in total. The second kappa shape index (κ2) is 4.66. The van der Waals surface area contributed by atoms with E-state index in [-0.39, 0.29) is 11.6 Å². The Labute approximate surface area is 110 Å². The van der Waals surface area contributed by atoms with Gasteiger partial charge in [-0.15, -0.1) is 0 Å². The van der Waals surface area contributed by atoms with Gasteiger partial charge < -0.3 is 14.4 Å². The molecule has 19 heavy (non-hydrogen) atoms. The van der Waals surface area contributed by atoms with Crippen LogP contribution < -0.4 is 0 Å². The number of imidazole rings is 1. The van der Waals surface area contributed by atoms with Gasteiger partial charge in [-0.25, -0.2) is 9.78 Å². The summed E-state index contributed by atoms with van der Waals surface area (Å²) >= 11 is 0. The summed E-state index contributed by atoms with van der Waals surface area (Å²) in [6.45, 7) is 3.40. The number of para-hydroxylation sites is 1. The van der Waals surface area contributed by atoms with Gasteiger partial charge in [0.2, 0.25) is 0 Å². The molecule has 5 heteroatoms. The van der Waals surface area contributed by atoms with Crippen LogP contribution in [0.2, 0.25) is 0 Å². The first-order valence-corrected chi connectivity index (χ1v) is 6.47. The van der Waals surface area contributed by atoms with E-state index in [1.165, 1.54) is 0 Å². The molecule has 3 rings (SSSR count). The number of aryl methyl sites for hydroxylation is 1. The van der Waals surface area contributed by atoms with Crippen molar-refractivity contribution in [3.8, 4) is 0 Å². The molecule has 1 fully saturated rings. The Balaban J connectivity index is 2.17. The number of nitrogens with zero attached hydrogens (tertiary/aromatic N) is 2. The lowest BCUT2D eigenvalue weighted by Gasteiger charge is -2.25. The number of carboxylic acid groups (broad SMARTS) is 1. The Morgan fingerprint density at radius 1 is 1.53 bits per heavy atom. The summed E-state index contributed by atoms with van der Waals surface area (Å²) in [7, 11) is 0. The van der Waals surface area contributed by atoms with Crippen LogP contribution in [0.25, 0.3) is 11.0 Å². The van der Waals surface area contributed by atoms with Crippen LogP contribution in [-0.4, -0.2) is 33.8 Å². The van der Waals surface area contributed by atoms with E-state index in [9.17, 15) is 9.90 Å². The summed E-state index contributed by atoms with van der Waals surface area (Å²) in [5.41, 5.74) is 1.71. The molecule has 1 aromatic heterocycles. The average molecular weight is 260 g/mol. The highest BCUT2D eigenvalue weighted by atomic mass is 16.5. The molecule has 0 saturated carbocycles. The van der Waals surface area contributed by atoms with Gasteiger partial charge in [-0.05, 0) is 31.9 Å². The SMILES string of the molecule is Cc1nc2c(C(=O)O)cccc2n1C1CCCOC1. The van der Waals surface area contributed by atoms with Crippen LogP contribution in [0, 0.1) is 6.92 Å². The number of carbonyl (C=O) groups is 1. The van der Waals surface area contributed by atoms with Crippen molar-refractivity contribution >= 4 is 17.0 Å². The first-order valence-electron chi connectivity index (χ1n) is 6.47. The highest BCUT2D eigenvalue weighted by molar-refractivity contribution is 6.01. The Hall–Kier alpha value is -1.88. The van der Waals surface area contributed by atoms with Gasteiger partial charge in [-0.2, -0.15) is 0 Å². The van der Waals surface area contributed by atoms with Crippen molar-refractivity contribution in [3.05, 3.63) is 29.6 Å². The molecule has 2 heterocycles. The molecule has 2 aromatic rings. The third-order valence-electron chi connectivity index (χ3n) is 3.63. The van der Waals surface area contributed by atoms with Gasteiger partial charge in [0.1, 0.15) is 11.3 Å². The third kappa shape index (κ3) is 2.00. The molecule has 0 bridgehead atoms. The fraction of sp³-hybridized carbons (Fsp3) is 0.429. The zero-order valence-corrected chi connectivity index (χ0v) is 10.8. The molecule has 0 radical (unpaired) electrons. The lowest BCUT2D eigenvalue weighted by Crippen LogP contribution is -2.22. The van der Waals surface area contributed by atoms with E-state index in [2.05, 4.69) is 9.55 Å². The van der Waals surface area contributed by atoms with Gasteiger partial charge in [0.25, 0.3) is 0 Å². The maximum absolute atomic E-state index is 11.2. The average Bonchev–Trinajstić information content (AvgIpc) is 2.75. The monoisotopic (exact) mass is 260 g/mol. The quantitative estimate of drug-likeness (QED) is 0.900. The summed E-state index contributed by atoms with van der Waals surface area (Å²) in [6, 6.07) is 5.55. The number of hydrogen-bond acceptors (Lipinski definition) is 3. The second-order valence-electron chi connectivity index (χ2n) is 4.88. The summed E-state index contributed by atoms with van der Waals surface area (Å²) in [6.07, 6.45) is 2.08. The minimum Gasteiger partial charge on any atom is -0.478 e. The number of aromatic nitrogens is 2. The van der Waals surface area contributed by atoms with Crippen LogP contribution in [0.1, 0.15) is 35.1 Å². The predicted molar refractivity (Wildman–Crippen MR) is 70.5 cm³/mol. The van der Waals surface area contributed by atoms with Crippen LogP contribution in [0.15, 0.2) is 18.2 Å². The molecule has 1 aliphatic rings. The molecule has 100 valence electrons. The van der Waals surface area contributed by atoms with Crippen molar-refractivity contribution in [2.45, 2.75) is 25.8 Å². The predicted octanol–water partition coefficient (Wildman–Crippen LogP) is 2.39. The smallest absolute Gasteiger partial charge is 0.337 e. The number of hydrogen-bond donors (Lipinski definition) is 1. The molecule has 1 saturated heterocycles. The van der Waals surface area contributed by atoms with E-state index >= 15 is 0 Å². The van der Waals surface area contributed by atoms with Crippen LogP contribution in [0.4, 0.5) is 0 Å². The van der Waals surface area contributed by atoms with E-state index in [0.29, 0.717) is 12.1 Å². The Kier molecular flexibility index (Phi) is 2.98. The summed E-state index contributed by atoms with van der Waals surface area (Å²) in [4.78, 5) is 15.7. The lowest BCUT2D eigenvalue weighted by atomic mass is 10.1. The molecular formula is C14H16N2O3. The van der Waals surface area contributed by atoms with Gasteiger partial charge >= 0.3 is 5.97 Å².